The van der Waals surface area contributed by atoms with Gasteiger partial charge in [-0.2, -0.15) is 0 Å². The highest BCUT2D eigenvalue weighted by Gasteiger charge is 2.16. The Balaban J connectivity index is 1.58. The summed E-state index contributed by atoms with van der Waals surface area (Å²) in [6, 6.07) is 34.1. The van der Waals surface area contributed by atoms with Gasteiger partial charge < -0.3 is 4.90 Å². The molecule has 0 saturated heterocycles. The second kappa shape index (κ2) is 9.39. The van der Waals surface area contributed by atoms with Gasteiger partial charge in [0.15, 0.2) is 0 Å². The van der Waals surface area contributed by atoms with E-state index in [-0.39, 0.29) is 0 Å². The van der Waals surface area contributed by atoms with Crippen LogP contribution in [-0.2, 0) is 0 Å². The van der Waals surface area contributed by atoms with Crippen LogP contribution in [0.1, 0.15) is 5.56 Å². The van der Waals surface area contributed by atoms with Crippen LogP contribution in [0, 0.1) is 6.92 Å². The number of rotatable bonds is 5. The van der Waals surface area contributed by atoms with Crippen molar-refractivity contribution in [3.63, 3.8) is 0 Å². The molecule has 4 aromatic carbocycles. The number of halogens is 1. The molecule has 5 aromatic rings. The van der Waals surface area contributed by atoms with Crippen molar-refractivity contribution in [2.75, 3.05) is 4.90 Å². The number of aryl methyl sites for hydroxylation is 1. The monoisotopic (exact) mass is 491 g/mol. The van der Waals surface area contributed by atoms with E-state index in [2.05, 4.69) is 129 Å². The molecular weight excluding hydrogens is 470 g/mol. The Kier molecular flexibility index (Phi) is 6.01. The summed E-state index contributed by atoms with van der Waals surface area (Å²) in [5, 5.41) is 0. The Morgan fingerprint density at radius 2 is 1.18 bits per heavy atom. The second-order valence-corrected chi connectivity index (χ2v) is 8.73. The Morgan fingerprint density at radius 1 is 0.606 bits per heavy atom. The minimum absolute atomic E-state index is 0.999. The van der Waals surface area contributed by atoms with E-state index < -0.39 is 0 Å². The third-order valence-corrected chi connectivity index (χ3v) is 6.24. The number of hydrogen-bond acceptors (Lipinski definition) is 3. The fraction of sp³-hybridized carbons (Fsp3) is 0.0345. The number of benzene rings is 4. The molecule has 0 radical (unpaired) electrons. The van der Waals surface area contributed by atoms with Crippen LogP contribution in [0.15, 0.2) is 120 Å². The number of anilines is 3. The van der Waals surface area contributed by atoms with Crippen molar-refractivity contribution in [1.29, 1.82) is 0 Å². The molecule has 0 amide bonds. The molecule has 5 rings (SSSR count). The topological polar surface area (TPSA) is 29.0 Å². The first-order chi connectivity index (χ1) is 16.2. The average Bonchev–Trinajstić information content (AvgIpc) is 2.88. The van der Waals surface area contributed by atoms with Gasteiger partial charge in [0.1, 0.15) is 6.33 Å². The molecule has 0 aliphatic heterocycles. The van der Waals surface area contributed by atoms with E-state index in [0.29, 0.717) is 0 Å². The predicted octanol–water partition coefficient (Wildman–Crippen LogP) is 8.35. The van der Waals surface area contributed by atoms with Gasteiger partial charge in [-0.1, -0.05) is 66.2 Å². The van der Waals surface area contributed by atoms with Crippen LogP contribution in [0.2, 0.25) is 0 Å². The minimum Gasteiger partial charge on any atom is -0.309 e. The molecule has 160 valence electrons. The van der Waals surface area contributed by atoms with E-state index in [1.807, 2.05) is 18.5 Å². The first-order valence-corrected chi connectivity index (χ1v) is 11.6. The standard InChI is InChI=1S/C29H22BrN3/c1-21-7-12-26(13-8-21)33(27-14-9-23(10-15-27)25-18-31-20-32-19-25)29-16-11-24(17-28(29)30)22-5-3-2-4-6-22/h2-20H,1H3. The zero-order valence-corrected chi connectivity index (χ0v) is 19.8. The van der Waals surface area contributed by atoms with Gasteiger partial charge in [-0.25, -0.2) is 9.97 Å². The molecule has 0 spiro atoms. The van der Waals surface area contributed by atoms with E-state index in [0.717, 1.165) is 32.7 Å². The van der Waals surface area contributed by atoms with Gasteiger partial charge >= 0.3 is 0 Å². The van der Waals surface area contributed by atoms with Crippen molar-refractivity contribution in [3.05, 3.63) is 126 Å². The third kappa shape index (κ3) is 4.57. The van der Waals surface area contributed by atoms with E-state index >= 15 is 0 Å². The van der Waals surface area contributed by atoms with Crippen LogP contribution < -0.4 is 4.90 Å². The zero-order chi connectivity index (χ0) is 22.6. The number of aromatic nitrogens is 2. The molecule has 0 aliphatic carbocycles. The molecule has 3 nitrogen and oxygen atoms in total. The molecule has 33 heavy (non-hydrogen) atoms. The fourth-order valence-corrected chi connectivity index (χ4v) is 4.43. The smallest absolute Gasteiger partial charge is 0.115 e. The Morgan fingerprint density at radius 3 is 1.82 bits per heavy atom. The van der Waals surface area contributed by atoms with Gasteiger partial charge in [0.2, 0.25) is 0 Å². The van der Waals surface area contributed by atoms with E-state index in [9.17, 15) is 0 Å². The molecule has 0 atom stereocenters. The first kappa shape index (κ1) is 21.1. The van der Waals surface area contributed by atoms with Gasteiger partial charge in [-0.15, -0.1) is 0 Å². The van der Waals surface area contributed by atoms with Crippen molar-refractivity contribution in [1.82, 2.24) is 9.97 Å². The summed E-state index contributed by atoms with van der Waals surface area (Å²) in [4.78, 5) is 10.5. The van der Waals surface area contributed by atoms with Gasteiger partial charge in [-0.3, -0.25) is 0 Å². The molecule has 0 N–H and O–H groups in total. The molecule has 0 saturated carbocycles. The highest BCUT2D eigenvalue weighted by Crippen LogP contribution is 2.41. The van der Waals surface area contributed by atoms with Crippen LogP contribution in [0.5, 0.6) is 0 Å². The van der Waals surface area contributed by atoms with Gasteiger partial charge in [0, 0.05) is 33.8 Å². The Bertz CT molecular complexity index is 1350. The van der Waals surface area contributed by atoms with Crippen LogP contribution in [-0.4, -0.2) is 9.97 Å². The summed E-state index contributed by atoms with van der Waals surface area (Å²) >= 11 is 3.85. The summed E-state index contributed by atoms with van der Waals surface area (Å²) in [6.45, 7) is 2.11. The number of nitrogens with zero attached hydrogens (tertiary/aromatic N) is 3. The largest absolute Gasteiger partial charge is 0.309 e. The number of hydrogen-bond donors (Lipinski definition) is 0. The first-order valence-electron chi connectivity index (χ1n) is 10.8. The Hall–Kier alpha value is -3.76. The second-order valence-electron chi connectivity index (χ2n) is 7.88. The van der Waals surface area contributed by atoms with E-state index in [1.54, 1.807) is 6.33 Å². The predicted molar refractivity (Wildman–Crippen MR) is 140 cm³/mol. The van der Waals surface area contributed by atoms with Crippen LogP contribution >= 0.6 is 15.9 Å². The van der Waals surface area contributed by atoms with Crippen molar-refractivity contribution >= 4 is 33.0 Å². The van der Waals surface area contributed by atoms with Crippen molar-refractivity contribution in [3.8, 4) is 22.3 Å². The lowest BCUT2D eigenvalue weighted by molar-refractivity contribution is 1.17. The zero-order valence-electron chi connectivity index (χ0n) is 18.2. The van der Waals surface area contributed by atoms with Gasteiger partial charge in [0.05, 0.1) is 5.69 Å². The summed E-state index contributed by atoms with van der Waals surface area (Å²) in [5.41, 5.74) is 8.94. The maximum atomic E-state index is 4.14. The molecule has 0 unspecified atom stereocenters. The van der Waals surface area contributed by atoms with Crippen molar-refractivity contribution in [2.24, 2.45) is 0 Å². The molecular formula is C29H22BrN3. The molecule has 0 bridgehead atoms. The lowest BCUT2D eigenvalue weighted by Gasteiger charge is -2.27. The molecule has 0 aliphatic rings. The summed E-state index contributed by atoms with van der Waals surface area (Å²) in [5.74, 6) is 0. The normalized spacial score (nSPS) is 10.7. The summed E-state index contributed by atoms with van der Waals surface area (Å²) < 4.78 is 1.03. The highest BCUT2D eigenvalue weighted by atomic mass is 79.9. The lowest BCUT2D eigenvalue weighted by Crippen LogP contribution is -2.10. The van der Waals surface area contributed by atoms with E-state index in [4.69, 9.17) is 0 Å². The van der Waals surface area contributed by atoms with Crippen LogP contribution in [0.3, 0.4) is 0 Å². The molecule has 0 fully saturated rings. The summed E-state index contributed by atoms with van der Waals surface area (Å²) in [7, 11) is 0. The van der Waals surface area contributed by atoms with Crippen molar-refractivity contribution < 1.29 is 0 Å². The van der Waals surface area contributed by atoms with Gasteiger partial charge in [-0.05, 0) is 75.9 Å². The lowest BCUT2D eigenvalue weighted by atomic mass is 10.0. The maximum absolute atomic E-state index is 4.14. The molecule has 1 aromatic heterocycles. The Labute approximate surface area is 202 Å². The maximum Gasteiger partial charge on any atom is 0.115 e. The molecule has 1 heterocycles. The minimum atomic E-state index is 0.999. The van der Waals surface area contributed by atoms with E-state index in [1.165, 1.54) is 16.7 Å². The van der Waals surface area contributed by atoms with Gasteiger partial charge in [0.25, 0.3) is 0 Å². The summed E-state index contributed by atoms with van der Waals surface area (Å²) in [6.07, 6.45) is 5.21. The fourth-order valence-electron chi connectivity index (χ4n) is 3.87. The quantitative estimate of drug-likeness (QED) is 0.247. The molecule has 4 heteroatoms. The average molecular weight is 492 g/mol. The van der Waals surface area contributed by atoms with Crippen LogP contribution in [0.25, 0.3) is 22.3 Å². The third-order valence-electron chi connectivity index (χ3n) is 5.61. The highest BCUT2D eigenvalue weighted by molar-refractivity contribution is 9.10. The van der Waals surface area contributed by atoms with Crippen LogP contribution in [0.4, 0.5) is 17.1 Å². The SMILES string of the molecule is Cc1ccc(N(c2ccc(-c3cncnc3)cc2)c2ccc(-c3ccccc3)cc2Br)cc1. The van der Waals surface area contributed by atoms with Crippen molar-refractivity contribution in [2.45, 2.75) is 6.92 Å².